The average molecular weight is 384 g/mol. The van der Waals surface area contributed by atoms with Gasteiger partial charge in [0.15, 0.2) is 0 Å². The number of para-hydroxylation sites is 1. The normalized spacial score (nSPS) is 16.1. The van der Waals surface area contributed by atoms with Crippen molar-refractivity contribution in [2.24, 2.45) is 0 Å². The van der Waals surface area contributed by atoms with Gasteiger partial charge in [-0.25, -0.2) is 0 Å². The minimum Gasteiger partial charge on any atom is -0.326 e. The smallest absolute Gasteiger partial charge is 0.256 e. The van der Waals surface area contributed by atoms with E-state index in [-0.39, 0.29) is 11.8 Å². The van der Waals surface area contributed by atoms with E-state index in [9.17, 15) is 9.59 Å². The van der Waals surface area contributed by atoms with Crippen molar-refractivity contribution in [2.75, 3.05) is 11.9 Å². The fraction of sp³-hybridized carbons (Fsp3) is 0.200. The summed E-state index contributed by atoms with van der Waals surface area (Å²) in [6.07, 6.45) is 2.04. The summed E-state index contributed by atoms with van der Waals surface area (Å²) in [5.74, 6) is -0.208. The van der Waals surface area contributed by atoms with Gasteiger partial charge in [0.1, 0.15) is 6.04 Å². The van der Waals surface area contributed by atoms with Crippen LogP contribution in [0.25, 0.3) is 0 Å². The number of hydrogen-bond donors (Lipinski definition) is 1. The molecule has 1 atom stereocenters. The Morgan fingerprint density at radius 1 is 0.724 bits per heavy atom. The van der Waals surface area contributed by atoms with Gasteiger partial charge in [0.2, 0.25) is 5.91 Å². The van der Waals surface area contributed by atoms with Gasteiger partial charge < -0.3 is 10.2 Å². The quantitative estimate of drug-likeness (QED) is 0.688. The van der Waals surface area contributed by atoms with E-state index in [0.717, 1.165) is 17.5 Å². The lowest BCUT2D eigenvalue weighted by Crippen LogP contribution is -2.46. The van der Waals surface area contributed by atoms with E-state index in [4.69, 9.17) is 0 Å². The first-order valence-electron chi connectivity index (χ1n) is 10.0. The van der Waals surface area contributed by atoms with Crippen LogP contribution in [0.5, 0.6) is 0 Å². The van der Waals surface area contributed by atoms with Crippen LogP contribution in [0.2, 0.25) is 0 Å². The Kier molecular flexibility index (Phi) is 5.71. The fourth-order valence-corrected chi connectivity index (χ4v) is 3.82. The second-order valence-electron chi connectivity index (χ2n) is 7.31. The molecular weight excluding hydrogens is 360 g/mol. The summed E-state index contributed by atoms with van der Waals surface area (Å²) in [6.45, 7) is 0.504. The molecule has 2 amide bonds. The van der Waals surface area contributed by atoms with Crippen LogP contribution < -0.4 is 5.32 Å². The van der Waals surface area contributed by atoms with Crippen molar-refractivity contribution in [2.45, 2.75) is 25.3 Å². The first-order chi connectivity index (χ1) is 14.2. The van der Waals surface area contributed by atoms with Crippen molar-refractivity contribution in [3.05, 3.63) is 102 Å². The molecule has 1 aliphatic rings. The van der Waals surface area contributed by atoms with Gasteiger partial charge in [0.25, 0.3) is 5.91 Å². The number of aryl methyl sites for hydroxylation is 1. The molecule has 0 radical (unpaired) electrons. The molecule has 1 aliphatic heterocycles. The minimum absolute atomic E-state index is 0.0899. The molecule has 0 fully saturated rings. The Balaban J connectivity index is 1.60. The van der Waals surface area contributed by atoms with Gasteiger partial charge in [0.05, 0.1) is 11.3 Å². The highest BCUT2D eigenvalue weighted by Crippen LogP contribution is 2.25. The van der Waals surface area contributed by atoms with E-state index in [1.165, 1.54) is 0 Å². The number of fused-ring (bicyclic) bond motifs is 1. The van der Waals surface area contributed by atoms with Crippen LogP contribution in [0.1, 0.15) is 27.9 Å². The molecule has 146 valence electrons. The van der Waals surface area contributed by atoms with Gasteiger partial charge in [-0.1, -0.05) is 72.8 Å². The molecule has 4 heteroatoms. The van der Waals surface area contributed by atoms with Crippen molar-refractivity contribution in [3.63, 3.8) is 0 Å². The number of rotatable bonds is 6. The van der Waals surface area contributed by atoms with Crippen LogP contribution in [-0.2, 0) is 17.6 Å². The molecular formula is C25H24N2O2. The van der Waals surface area contributed by atoms with E-state index in [0.29, 0.717) is 30.6 Å². The maximum Gasteiger partial charge on any atom is 0.256 e. The average Bonchev–Trinajstić information content (AvgIpc) is 2.86. The molecule has 29 heavy (non-hydrogen) atoms. The van der Waals surface area contributed by atoms with Gasteiger partial charge in [-0.2, -0.15) is 0 Å². The number of anilines is 1. The molecule has 4 rings (SSSR count). The van der Waals surface area contributed by atoms with Crippen molar-refractivity contribution < 1.29 is 9.59 Å². The number of amides is 2. The highest BCUT2D eigenvalue weighted by Gasteiger charge is 2.34. The second-order valence-corrected chi connectivity index (χ2v) is 7.31. The molecule has 0 spiro atoms. The van der Waals surface area contributed by atoms with Crippen LogP contribution in [0, 0.1) is 0 Å². The maximum atomic E-state index is 13.4. The summed E-state index contributed by atoms with van der Waals surface area (Å²) in [7, 11) is 0. The van der Waals surface area contributed by atoms with Crippen LogP contribution in [-0.4, -0.2) is 29.3 Å². The summed E-state index contributed by atoms with van der Waals surface area (Å²) >= 11 is 0. The molecule has 0 saturated heterocycles. The van der Waals surface area contributed by atoms with Gasteiger partial charge in [-0.05, 0) is 42.5 Å². The van der Waals surface area contributed by atoms with Gasteiger partial charge in [0, 0.05) is 6.54 Å². The van der Waals surface area contributed by atoms with Gasteiger partial charge in [-0.15, -0.1) is 0 Å². The van der Waals surface area contributed by atoms with E-state index in [2.05, 4.69) is 29.6 Å². The number of hydrogen-bond acceptors (Lipinski definition) is 2. The molecule has 0 aromatic heterocycles. The zero-order chi connectivity index (χ0) is 20.1. The van der Waals surface area contributed by atoms with Gasteiger partial charge >= 0.3 is 0 Å². The number of carbonyl (C=O) groups is 2. The van der Waals surface area contributed by atoms with Crippen molar-refractivity contribution in [1.82, 2.24) is 4.90 Å². The van der Waals surface area contributed by atoms with Gasteiger partial charge in [-0.3, -0.25) is 9.59 Å². The second kappa shape index (κ2) is 8.74. The Morgan fingerprint density at radius 2 is 1.31 bits per heavy atom. The van der Waals surface area contributed by atoms with Crippen molar-refractivity contribution in [3.8, 4) is 0 Å². The van der Waals surface area contributed by atoms with E-state index >= 15 is 0 Å². The molecule has 0 saturated carbocycles. The summed E-state index contributed by atoms with van der Waals surface area (Å²) in [5.41, 5.74) is 3.46. The topological polar surface area (TPSA) is 49.4 Å². The number of nitrogens with one attached hydrogen (secondary N) is 1. The summed E-state index contributed by atoms with van der Waals surface area (Å²) in [5, 5.41) is 2.97. The van der Waals surface area contributed by atoms with Crippen molar-refractivity contribution >= 4 is 17.5 Å². The lowest BCUT2D eigenvalue weighted by Gasteiger charge is -2.29. The number of carbonyl (C=O) groups excluding carboxylic acids is 2. The van der Waals surface area contributed by atoms with Crippen LogP contribution in [0.4, 0.5) is 5.69 Å². The standard InChI is InChI=1S/C25H24N2O2/c28-24-23(16-15-19-9-3-1-4-10-19)27(18-17-20-11-5-2-6-12-20)25(29)21-13-7-8-14-22(21)26-24/h1-14,23H,15-18H2,(H,26,28). The number of nitrogens with zero attached hydrogens (tertiary/aromatic N) is 1. The molecule has 1 N–H and O–H groups in total. The largest absolute Gasteiger partial charge is 0.326 e. The lowest BCUT2D eigenvalue weighted by atomic mass is 10.0. The van der Waals surface area contributed by atoms with E-state index in [1.807, 2.05) is 48.5 Å². The lowest BCUT2D eigenvalue weighted by molar-refractivity contribution is -0.120. The third-order valence-corrected chi connectivity index (χ3v) is 5.39. The Bertz CT molecular complexity index is 986. The molecule has 0 bridgehead atoms. The maximum absolute atomic E-state index is 13.4. The van der Waals surface area contributed by atoms with Crippen LogP contribution in [0.3, 0.4) is 0 Å². The predicted octanol–water partition coefficient (Wildman–Crippen LogP) is 4.33. The molecule has 3 aromatic carbocycles. The number of benzene rings is 3. The third-order valence-electron chi connectivity index (χ3n) is 5.39. The monoisotopic (exact) mass is 384 g/mol. The Labute approximate surface area is 171 Å². The predicted molar refractivity (Wildman–Crippen MR) is 115 cm³/mol. The first-order valence-corrected chi connectivity index (χ1v) is 10.0. The van der Waals surface area contributed by atoms with Crippen LogP contribution >= 0.6 is 0 Å². The molecule has 4 nitrogen and oxygen atoms in total. The molecule has 1 heterocycles. The summed E-state index contributed by atoms with van der Waals surface area (Å²) < 4.78 is 0. The third kappa shape index (κ3) is 4.37. The summed E-state index contributed by atoms with van der Waals surface area (Å²) in [4.78, 5) is 28.2. The minimum atomic E-state index is -0.501. The summed E-state index contributed by atoms with van der Waals surface area (Å²) in [6, 6.07) is 26.9. The fourth-order valence-electron chi connectivity index (χ4n) is 3.82. The van der Waals surface area contributed by atoms with E-state index < -0.39 is 6.04 Å². The zero-order valence-electron chi connectivity index (χ0n) is 16.3. The van der Waals surface area contributed by atoms with Crippen molar-refractivity contribution in [1.29, 1.82) is 0 Å². The SMILES string of the molecule is O=C1Nc2ccccc2C(=O)N(CCc2ccccc2)C1CCc1ccccc1. The van der Waals surface area contributed by atoms with Crippen LogP contribution in [0.15, 0.2) is 84.9 Å². The molecule has 3 aromatic rings. The molecule has 0 aliphatic carbocycles. The highest BCUT2D eigenvalue weighted by atomic mass is 16.2. The first kappa shape index (κ1) is 18.9. The van der Waals surface area contributed by atoms with E-state index in [1.54, 1.807) is 17.0 Å². The highest BCUT2D eigenvalue weighted by molar-refractivity contribution is 6.09. The Morgan fingerprint density at radius 3 is 2.00 bits per heavy atom. The Hall–Kier alpha value is -3.40. The zero-order valence-corrected chi connectivity index (χ0v) is 16.3. The molecule has 1 unspecified atom stereocenters.